The molecule has 1 rings (SSSR count). The summed E-state index contributed by atoms with van der Waals surface area (Å²) in [5.41, 5.74) is 0. The molecule has 1 fully saturated rings. The number of hydrogen-bond acceptors (Lipinski definition) is 8. The molecule has 296 valence electrons. The molecule has 0 aromatic carbocycles. The molecule has 1 amide bonds. The lowest BCUT2D eigenvalue weighted by molar-refractivity contribution is -0.302. The first-order valence-electron chi connectivity index (χ1n) is 20.4. The van der Waals surface area contributed by atoms with Crippen LogP contribution in [-0.4, -0.2) is 87.5 Å². The minimum absolute atomic E-state index is 0.204. The molecule has 1 aliphatic rings. The van der Waals surface area contributed by atoms with E-state index in [9.17, 15) is 30.3 Å². The van der Waals surface area contributed by atoms with Crippen LogP contribution in [0.4, 0.5) is 0 Å². The Bertz CT molecular complexity index is 936. The minimum Gasteiger partial charge on any atom is -0.394 e. The predicted molar refractivity (Wildman–Crippen MR) is 207 cm³/mol. The number of aliphatic hydroxyl groups excluding tert-OH is 5. The maximum atomic E-state index is 12.9. The van der Waals surface area contributed by atoms with Gasteiger partial charge in [0.15, 0.2) is 6.29 Å². The lowest BCUT2D eigenvalue weighted by atomic mass is 9.99. The number of ether oxygens (including phenoxy) is 2. The van der Waals surface area contributed by atoms with Gasteiger partial charge in [0.1, 0.15) is 24.4 Å². The quantitative estimate of drug-likeness (QED) is 0.0309. The van der Waals surface area contributed by atoms with Crippen LogP contribution >= 0.6 is 0 Å². The highest BCUT2D eigenvalue weighted by atomic mass is 16.7. The second kappa shape index (κ2) is 32.8. The largest absolute Gasteiger partial charge is 0.394 e. The molecule has 7 atom stereocenters. The van der Waals surface area contributed by atoms with E-state index in [1.165, 1.54) is 64.2 Å². The Labute approximate surface area is 310 Å². The molecule has 0 aromatic rings. The Balaban J connectivity index is 2.47. The van der Waals surface area contributed by atoms with Gasteiger partial charge < -0.3 is 40.3 Å². The summed E-state index contributed by atoms with van der Waals surface area (Å²) >= 11 is 0. The lowest BCUT2D eigenvalue weighted by Gasteiger charge is -2.40. The van der Waals surface area contributed by atoms with Crippen molar-refractivity contribution in [3.05, 3.63) is 48.6 Å². The number of allylic oxidation sites excluding steroid dienone is 7. The number of hydrogen-bond donors (Lipinski definition) is 6. The fourth-order valence-electron chi connectivity index (χ4n) is 6.00. The van der Waals surface area contributed by atoms with E-state index in [2.05, 4.69) is 55.6 Å². The maximum Gasteiger partial charge on any atom is 0.220 e. The van der Waals surface area contributed by atoms with E-state index < -0.39 is 49.5 Å². The Morgan fingerprint density at radius 1 is 0.647 bits per heavy atom. The van der Waals surface area contributed by atoms with Crippen molar-refractivity contribution in [3.63, 3.8) is 0 Å². The van der Waals surface area contributed by atoms with Crippen LogP contribution in [0.2, 0.25) is 0 Å². The number of aliphatic hydroxyl groups is 5. The summed E-state index contributed by atoms with van der Waals surface area (Å²) in [5, 5.41) is 53.9. The molecule has 0 saturated carbocycles. The molecule has 0 aliphatic carbocycles. The van der Waals surface area contributed by atoms with Gasteiger partial charge in [-0.1, -0.05) is 127 Å². The van der Waals surface area contributed by atoms with Crippen LogP contribution in [0.15, 0.2) is 48.6 Å². The number of nitrogens with one attached hydrogen (secondary N) is 1. The van der Waals surface area contributed by atoms with Crippen molar-refractivity contribution >= 4 is 5.91 Å². The van der Waals surface area contributed by atoms with Gasteiger partial charge in [-0.15, -0.1) is 0 Å². The van der Waals surface area contributed by atoms with Crippen LogP contribution in [0.5, 0.6) is 0 Å². The molecule has 7 unspecified atom stereocenters. The summed E-state index contributed by atoms with van der Waals surface area (Å²) in [4.78, 5) is 12.9. The van der Waals surface area contributed by atoms with Crippen molar-refractivity contribution in [2.24, 2.45) is 0 Å². The standard InChI is InChI=1S/C42H75NO8/c1-3-5-7-9-11-13-15-17-18-20-22-24-26-28-30-32-38(46)43-35(34-50-42-41(49)40(48)39(47)37(33-44)51-42)36(45)31-29-27-25-23-21-19-16-14-12-10-8-6-4-2/h12,14,17-18,21,23,29,31,35-37,39-42,44-45,47-49H,3-11,13,15-16,19-20,22,24-28,30,32-34H2,1-2H3,(H,43,46)/b14-12+,18-17-,23-21+,31-29+. The van der Waals surface area contributed by atoms with Gasteiger partial charge in [0.05, 0.1) is 25.4 Å². The maximum absolute atomic E-state index is 12.9. The van der Waals surface area contributed by atoms with Crippen LogP contribution in [0.3, 0.4) is 0 Å². The zero-order valence-corrected chi connectivity index (χ0v) is 32.1. The Morgan fingerprint density at radius 3 is 1.69 bits per heavy atom. The third-order valence-electron chi connectivity index (χ3n) is 9.35. The number of carbonyl (C=O) groups is 1. The van der Waals surface area contributed by atoms with E-state index in [1.54, 1.807) is 6.08 Å². The molecule has 0 aromatic heterocycles. The van der Waals surface area contributed by atoms with Gasteiger partial charge in [-0.3, -0.25) is 4.79 Å². The first-order valence-corrected chi connectivity index (χ1v) is 20.4. The summed E-state index contributed by atoms with van der Waals surface area (Å²) < 4.78 is 11.1. The van der Waals surface area contributed by atoms with Crippen molar-refractivity contribution in [2.75, 3.05) is 13.2 Å². The van der Waals surface area contributed by atoms with Gasteiger partial charge in [-0.2, -0.15) is 0 Å². The van der Waals surface area contributed by atoms with Crippen LogP contribution in [-0.2, 0) is 14.3 Å². The van der Waals surface area contributed by atoms with Crippen LogP contribution in [0.1, 0.15) is 155 Å². The van der Waals surface area contributed by atoms with Gasteiger partial charge in [0.25, 0.3) is 0 Å². The second-order valence-electron chi connectivity index (χ2n) is 14.1. The zero-order chi connectivity index (χ0) is 37.4. The molecule has 0 bridgehead atoms. The summed E-state index contributed by atoms with van der Waals surface area (Å²) in [6, 6.07) is -0.830. The molecule has 0 spiro atoms. The average Bonchev–Trinajstić information content (AvgIpc) is 3.13. The third kappa shape index (κ3) is 24.2. The van der Waals surface area contributed by atoms with Gasteiger partial charge in [0.2, 0.25) is 5.91 Å². The lowest BCUT2D eigenvalue weighted by Crippen LogP contribution is -2.60. The summed E-state index contributed by atoms with van der Waals surface area (Å²) in [6.45, 7) is 3.68. The van der Waals surface area contributed by atoms with Crippen molar-refractivity contribution in [1.29, 1.82) is 0 Å². The fourth-order valence-corrected chi connectivity index (χ4v) is 6.00. The molecule has 1 aliphatic heterocycles. The van der Waals surface area contributed by atoms with E-state index in [-0.39, 0.29) is 12.5 Å². The van der Waals surface area contributed by atoms with Crippen molar-refractivity contribution in [2.45, 2.75) is 198 Å². The van der Waals surface area contributed by atoms with Crippen LogP contribution < -0.4 is 5.32 Å². The number of amides is 1. The van der Waals surface area contributed by atoms with Crippen molar-refractivity contribution in [3.8, 4) is 0 Å². The molecule has 1 saturated heterocycles. The van der Waals surface area contributed by atoms with E-state index >= 15 is 0 Å². The highest BCUT2D eigenvalue weighted by Crippen LogP contribution is 2.22. The van der Waals surface area contributed by atoms with Crippen LogP contribution in [0, 0.1) is 0 Å². The molecule has 9 nitrogen and oxygen atoms in total. The van der Waals surface area contributed by atoms with Gasteiger partial charge >= 0.3 is 0 Å². The topological polar surface area (TPSA) is 149 Å². The monoisotopic (exact) mass is 722 g/mol. The minimum atomic E-state index is -1.57. The summed E-state index contributed by atoms with van der Waals surface area (Å²) in [7, 11) is 0. The molecule has 1 heterocycles. The molecule has 6 N–H and O–H groups in total. The smallest absolute Gasteiger partial charge is 0.220 e. The molecule has 51 heavy (non-hydrogen) atoms. The SMILES string of the molecule is CCCCC/C=C/CC/C=C/CC/C=C/C(O)C(COC1OC(CO)C(O)C(O)C1O)NC(=O)CCCCCCC/C=C\CCCCCCCC. The number of rotatable bonds is 32. The summed E-state index contributed by atoms with van der Waals surface area (Å²) in [5.74, 6) is -0.204. The summed E-state index contributed by atoms with van der Waals surface area (Å²) in [6.07, 6.45) is 32.9. The van der Waals surface area contributed by atoms with Gasteiger partial charge in [0, 0.05) is 6.42 Å². The third-order valence-corrected chi connectivity index (χ3v) is 9.35. The van der Waals surface area contributed by atoms with E-state index in [0.717, 1.165) is 70.6 Å². The first-order chi connectivity index (χ1) is 24.8. The Morgan fingerprint density at radius 2 is 1.12 bits per heavy atom. The van der Waals surface area contributed by atoms with E-state index in [1.807, 2.05) is 6.08 Å². The normalized spacial score (nSPS) is 22.5. The number of unbranched alkanes of at least 4 members (excludes halogenated alkanes) is 16. The Hall–Kier alpha value is -1.85. The van der Waals surface area contributed by atoms with E-state index in [0.29, 0.717) is 6.42 Å². The average molecular weight is 722 g/mol. The zero-order valence-electron chi connectivity index (χ0n) is 32.1. The highest BCUT2D eigenvalue weighted by Gasteiger charge is 2.44. The first kappa shape index (κ1) is 47.2. The molecule has 0 radical (unpaired) electrons. The second-order valence-corrected chi connectivity index (χ2v) is 14.1. The van der Waals surface area contributed by atoms with Crippen molar-refractivity contribution < 1.29 is 39.8 Å². The van der Waals surface area contributed by atoms with Gasteiger partial charge in [-0.05, 0) is 70.6 Å². The van der Waals surface area contributed by atoms with Crippen molar-refractivity contribution in [1.82, 2.24) is 5.32 Å². The fraction of sp³-hybridized carbons (Fsp3) is 0.786. The van der Waals surface area contributed by atoms with Gasteiger partial charge in [-0.25, -0.2) is 0 Å². The van der Waals surface area contributed by atoms with Crippen LogP contribution in [0.25, 0.3) is 0 Å². The highest BCUT2D eigenvalue weighted by molar-refractivity contribution is 5.76. The Kier molecular flexibility index (Phi) is 30.3. The molecular weight excluding hydrogens is 646 g/mol. The van der Waals surface area contributed by atoms with E-state index in [4.69, 9.17) is 9.47 Å². The molecular formula is C42H75NO8. The molecule has 9 heteroatoms. The predicted octanol–water partition coefficient (Wildman–Crippen LogP) is 7.50. The number of carbonyl (C=O) groups excluding carboxylic acids is 1.